The molecule has 154 valence electrons. The van der Waals surface area contributed by atoms with Crippen molar-refractivity contribution in [2.45, 2.75) is 6.18 Å². The number of halogens is 4. The molecule has 2 heterocycles. The SMILES string of the molecule is CN=C(/C=C(\N)C(F)(F)F)NC(=O)c1ccc2cc(-c3ncc(F)cn3)cnc2c1. The summed E-state index contributed by atoms with van der Waals surface area (Å²) in [6.07, 6.45) is -0.672. The Bertz CT molecular complexity index is 1160. The van der Waals surface area contributed by atoms with Crippen LogP contribution in [0.4, 0.5) is 17.6 Å². The average molecular weight is 418 g/mol. The molecule has 0 radical (unpaired) electrons. The molecule has 11 heteroatoms. The van der Waals surface area contributed by atoms with Crippen LogP contribution < -0.4 is 11.1 Å². The first-order chi connectivity index (χ1) is 14.2. The van der Waals surface area contributed by atoms with Crippen molar-refractivity contribution in [3.63, 3.8) is 0 Å². The molecule has 0 aliphatic carbocycles. The molecule has 0 spiro atoms. The number of nitrogens with zero attached hydrogens (tertiary/aromatic N) is 4. The van der Waals surface area contributed by atoms with Crippen LogP contribution in [0, 0.1) is 5.82 Å². The summed E-state index contributed by atoms with van der Waals surface area (Å²) in [4.78, 5) is 28.0. The van der Waals surface area contributed by atoms with Crippen LogP contribution in [0.3, 0.4) is 0 Å². The number of rotatable bonds is 3. The molecule has 0 atom stereocenters. The maximum absolute atomic E-state index is 13.0. The number of aliphatic imine (C=N–C) groups is 1. The fraction of sp³-hybridized carbons (Fsp3) is 0.105. The Balaban J connectivity index is 1.83. The molecular formula is C19H14F4N6O. The van der Waals surface area contributed by atoms with Crippen LogP contribution in [0.2, 0.25) is 0 Å². The number of amides is 1. The highest BCUT2D eigenvalue weighted by molar-refractivity contribution is 6.11. The zero-order valence-corrected chi connectivity index (χ0v) is 15.4. The van der Waals surface area contributed by atoms with Crippen molar-refractivity contribution in [2.75, 3.05) is 7.05 Å². The number of allylic oxidation sites excluding steroid dienone is 1. The minimum Gasteiger partial charge on any atom is -0.395 e. The maximum Gasteiger partial charge on any atom is 0.430 e. The highest BCUT2D eigenvalue weighted by atomic mass is 19.4. The highest BCUT2D eigenvalue weighted by Gasteiger charge is 2.31. The third-order valence-corrected chi connectivity index (χ3v) is 3.93. The number of hydrogen-bond donors (Lipinski definition) is 2. The first-order valence-electron chi connectivity index (χ1n) is 8.37. The molecule has 2 aromatic heterocycles. The number of benzene rings is 1. The van der Waals surface area contributed by atoms with E-state index in [1.807, 2.05) is 0 Å². The van der Waals surface area contributed by atoms with Crippen molar-refractivity contribution < 1.29 is 22.4 Å². The molecule has 1 amide bonds. The van der Waals surface area contributed by atoms with Gasteiger partial charge in [0.05, 0.1) is 17.9 Å². The van der Waals surface area contributed by atoms with Crippen LogP contribution >= 0.6 is 0 Å². The number of nitrogens with two attached hydrogens (primary N) is 1. The largest absolute Gasteiger partial charge is 0.430 e. The third-order valence-electron chi connectivity index (χ3n) is 3.93. The molecule has 7 nitrogen and oxygen atoms in total. The van der Waals surface area contributed by atoms with E-state index in [1.54, 1.807) is 12.1 Å². The van der Waals surface area contributed by atoms with Crippen LogP contribution in [0.15, 0.2) is 59.6 Å². The van der Waals surface area contributed by atoms with Gasteiger partial charge in [0, 0.05) is 35.8 Å². The maximum atomic E-state index is 13.0. The predicted molar refractivity (Wildman–Crippen MR) is 102 cm³/mol. The summed E-state index contributed by atoms with van der Waals surface area (Å²) in [5.74, 6) is -1.31. The van der Waals surface area contributed by atoms with E-state index >= 15 is 0 Å². The summed E-state index contributed by atoms with van der Waals surface area (Å²) < 4.78 is 50.6. The Labute approximate surface area is 167 Å². The zero-order valence-electron chi connectivity index (χ0n) is 15.4. The summed E-state index contributed by atoms with van der Waals surface area (Å²) in [6.45, 7) is 0. The van der Waals surface area contributed by atoms with Crippen molar-refractivity contribution in [3.8, 4) is 11.4 Å². The topological polar surface area (TPSA) is 106 Å². The summed E-state index contributed by atoms with van der Waals surface area (Å²) in [7, 11) is 1.22. The van der Waals surface area contributed by atoms with E-state index in [4.69, 9.17) is 5.73 Å². The number of amidine groups is 1. The van der Waals surface area contributed by atoms with E-state index in [9.17, 15) is 22.4 Å². The van der Waals surface area contributed by atoms with Crippen molar-refractivity contribution in [1.29, 1.82) is 0 Å². The van der Waals surface area contributed by atoms with Crippen molar-refractivity contribution in [1.82, 2.24) is 20.3 Å². The number of carbonyl (C=O) groups is 1. The minimum absolute atomic E-state index is 0.154. The lowest BCUT2D eigenvalue weighted by atomic mass is 10.1. The van der Waals surface area contributed by atoms with E-state index in [1.165, 1.54) is 25.4 Å². The molecule has 0 aliphatic heterocycles. The number of aromatic nitrogens is 3. The van der Waals surface area contributed by atoms with Gasteiger partial charge in [0.2, 0.25) is 0 Å². The van der Waals surface area contributed by atoms with Gasteiger partial charge in [-0.2, -0.15) is 13.2 Å². The Kier molecular flexibility index (Phi) is 5.72. The van der Waals surface area contributed by atoms with Gasteiger partial charge in [-0.25, -0.2) is 14.4 Å². The molecule has 3 aromatic rings. The second-order valence-corrected chi connectivity index (χ2v) is 6.02. The van der Waals surface area contributed by atoms with E-state index in [0.29, 0.717) is 22.5 Å². The predicted octanol–water partition coefficient (Wildman–Crippen LogP) is 2.99. The third kappa shape index (κ3) is 4.74. The number of pyridine rings is 1. The van der Waals surface area contributed by atoms with Crippen molar-refractivity contribution in [3.05, 3.63) is 66.0 Å². The van der Waals surface area contributed by atoms with Gasteiger partial charge in [0.25, 0.3) is 5.91 Å². The number of hydrogen-bond acceptors (Lipinski definition) is 6. The Hall–Kier alpha value is -3.89. The molecule has 30 heavy (non-hydrogen) atoms. The van der Waals surface area contributed by atoms with E-state index in [-0.39, 0.29) is 17.2 Å². The van der Waals surface area contributed by atoms with Gasteiger partial charge >= 0.3 is 6.18 Å². The Morgan fingerprint density at radius 3 is 2.47 bits per heavy atom. The molecule has 1 aromatic carbocycles. The van der Waals surface area contributed by atoms with Crippen LogP contribution in [-0.4, -0.2) is 39.9 Å². The summed E-state index contributed by atoms with van der Waals surface area (Å²) in [5.41, 5.74) is 4.71. The number of alkyl halides is 3. The lowest BCUT2D eigenvalue weighted by molar-refractivity contribution is -0.0925. The molecule has 0 bridgehead atoms. The van der Waals surface area contributed by atoms with Gasteiger partial charge in [0.1, 0.15) is 11.5 Å². The van der Waals surface area contributed by atoms with Gasteiger partial charge in [-0.05, 0) is 18.2 Å². The molecule has 0 unspecified atom stereocenters. The van der Waals surface area contributed by atoms with E-state index < -0.39 is 23.6 Å². The van der Waals surface area contributed by atoms with Gasteiger partial charge < -0.3 is 11.1 Å². The molecular weight excluding hydrogens is 404 g/mol. The first kappa shape index (κ1) is 20.8. The highest BCUT2D eigenvalue weighted by Crippen LogP contribution is 2.22. The van der Waals surface area contributed by atoms with Gasteiger partial charge in [0.15, 0.2) is 11.6 Å². The fourth-order valence-corrected chi connectivity index (χ4v) is 2.42. The fourth-order valence-electron chi connectivity index (χ4n) is 2.42. The lowest BCUT2D eigenvalue weighted by Crippen LogP contribution is -2.31. The monoisotopic (exact) mass is 418 g/mol. The molecule has 3 N–H and O–H groups in total. The Morgan fingerprint density at radius 2 is 1.83 bits per heavy atom. The van der Waals surface area contributed by atoms with Gasteiger partial charge in [-0.1, -0.05) is 6.07 Å². The summed E-state index contributed by atoms with van der Waals surface area (Å²) in [6, 6.07) is 6.25. The van der Waals surface area contributed by atoms with Crippen LogP contribution in [0.1, 0.15) is 10.4 Å². The van der Waals surface area contributed by atoms with E-state index in [0.717, 1.165) is 12.4 Å². The lowest BCUT2D eigenvalue weighted by Gasteiger charge is -2.09. The smallest absolute Gasteiger partial charge is 0.395 e. The van der Waals surface area contributed by atoms with E-state index in [2.05, 4.69) is 25.3 Å². The number of nitrogens with one attached hydrogen (secondary N) is 1. The zero-order chi connectivity index (χ0) is 21.9. The second kappa shape index (κ2) is 8.23. The molecule has 0 fully saturated rings. The Morgan fingerprint density at radius 1 is 1.13 bits per heavy atom. The molecule has 0 aliphatic rings. The van der Waals surface area contributed by atoms with Gasteiger partial charge in [-0.3, -0.25) is 14.8 Å². The second-order valence-electron chi connectivity index (χ2n) is 6.02. The van der Waals surface area contributed by atoms with Crippen molar-refractivity contribution in [2.24, 2.45) is 10.7 Å². The number of fused-ring (bicyclic) bond motifs is 1. The minimum atomic E-state index is -4.74. The van der Waals surface area contributed by atoms with Crippen LogP contribution in [0.25, 0.3) is 22.3 Å². The van der Waals surface area contributed by atoms with Gasteiger partial charge in [-0.15, -0.1) is 0 Å². The summed E-state index contributed by atoms with van der Waals surface area (Å²) in [5, 5.41) is 2.92. The summed E-state index contributed by atoms with van der Waals surface area (Å²) >= 11 is 0. The first-order valence-corrected chi connectivity index (χ1v) is 8.37. The quantitative estimate of drug-likeness (QED) is 0.386. The molecule has 0 saturated heterocycles. The standard InChI is InChI=1S/C19H14F4N6O/c1-25-16(6-15(24)19(21,22)23)29-18(30)11-3-2-10-4-12(7-26-14(10)5-11)17-27-8-13(20)9-28-17/h2-9H,24H2,1H3,(H,25,29,30)/b15-6-. The van der Waals surface area contributed by atoms with Crippen molar-refractivity contribution >= 4 is 22.6 Å². The normalized spacial score (nSPS) is 12.8. The number of carbonyl (C=O) groups excluding carboxylic acids is 1. The van der Waals surface area contributed by atoms with Crippen LogP contribution in [0.5, 0.6) is 0 Å². The molecule has 3 rings (SSSR count). The average Bonchev–Trinajstić information content (AvgIpc) is 2.72. The molecule has 0 saturated carbocycles. The van der Waals surface area contributed by atoms with Crippen LogP contribution in [-0.2, 0) is 0 Å².